The summed E-state index contributed by atoms with van der Waals surface area (Å²) in [6, 6.07) is 13.9. The number of phenols is 2. The molecule has 0 bridgehead atoms. The van der Waals surface area contributed by atoms with Crippen LogP contribution in [0.4, 0.5) is 0 Å². The molecule has 0 saturated carbocycles. The SMILES string of the molecule is O=C(NCCOCCOCCN1CCNCCNCCNCC1)c1ccc2c(c1)C1(OC2=O)c2ccc(O)cc2Oc2cc(O)ccc21. The fraction of sp³-hybridized carbons (Fsp3) is 0.429. The monoisotopic (exact) mass is 661 g/mol. The van der Waals surface area contributed by atoms with Crippen LogP contribution in [0.3, 0.4) is 0 Å². The summed E-state index contributed by atoms with van der Waals surface area (Å²) in [5.41, 5.74) is 0.655. The average Bonchev–Trinajstić information content (AvgIpc) is 3.36. The molecule has 48 heavy (non-hydrogen) atoms. The van der Waals surface area contributed by atoms with Crippen molar-refractivity contribution in [2.24, 2.45) is 0 Å². The Hall–Kier alpha value is -4.24. The van der Waals surface area contributed by atoms with Gasteiger partial charge in [-0.3, -0.25) is 9.69 Å². The van der Waals surface area contributed by atoms with Crippen LogP contribution in [0.2, 0.25) is 0 Å². The quantitative estimate of drug-likeness (QED) is 0.137. The van der Waals surface area contributed by atoms with E-state index in [2.05, 4.69) is 26.2 Å². The number of aromatic hydroxyl groups is 2. The summed E-state index contributed by atoms with van der Waals surface area (Å²) < 4.78 is 23.6. The van der Waals surface area contributed by atoms with Crippen LogP contribution in [0.1, 0.15) is 37.4 Å². The van der Waals surface area contributed by atoms with Gasteiger partial charge in [-0.15, -0.1) is 0 Å². The van der Waals surface area contributed by atoms with E-state index in [1.54, 1.807) is 30.3 Å². The van der Waals surface area contributed by atoms with Gasteiger partial charge in [0.05, 0.1) is 32.0 Å². The van der Waals surface area contributed by atoms with Crippen molar-refractivity contribution < 1.29 is 38.7 Å². The van der Waals surface area contributed by atoms with E-state index >= 15 is 0 Å². The molecule has 13 nitrogen and oxygen atoms in total. The number of nitrogens with zero attached hydrogens (tertiary/aromatic N) is 1. The van der Waals surface area contributed by atoms with Gasteiger partial charge in [0.2, 0.25) is 0 Å². The lowest BCUT2D eigenvalue weighted by molar-refractivity contribution is 0.0224. The molecule has 0 aromatic heterocycles. The summed E-state index contributed by atoms with van der Waals surface area (Å²) in [4.78, 5) is 28.8. The van der Waals surface area contributed by atoms with Crippen molar-refractivity contribution in [3.8, 4) is 23.0 Å². The molecule has 0 atom stereocenters. The number of fused-ring (bicyclic) bond motifs is 6. The highest BCUT2D eigenvalue weighted by Crippen LogP contribution is 2.57. The van der Waals surface area contributed by atoms with Gasteiger partial charge in [-0.2, -0.15) is 0 Å². The van der Waals surface area contributed by atoms with E-state index in [1.165, 1.54) is 24.3 Å². The number of amides is 1. The maximum atomic E-state index is 13.2. The van der Waals surface area contributed by atoms with Gasteiger partial charge in [0, 0.05) is 99.8 Å². The molecule has 3 aliphatic heterocycles. The predicted molar refractivity (Wildman–Crippen MR) is 177 cm³/mol. The second-order valence-corrected chi connectivity index (χ2v) is 11.9. The Morgan fingerprint density at radius 3 is 2.02 bits per heavy atom. The molecular weight excluding hydrogens is 618 g/mol. The van der Waals surface area contributed by atoms with Crippen molar-refractivity contribution in [3.05, 3.63) is 82.4 Å². The predicted octanol–water partition coefficient (Wildman–Crippen LogP) is 1.51. The van der Waals surface area contributed by atoms with E-state index in [4.69, 9.17) is 18.9 Å². The van der Waals surface area contributed by atoms with Gasteiger partial charge in [-0.05, 0) is 42.5 Å². The van der Waals surface area contributed by atoms with Crippen LogP contribution in [0, 0.1) is 0 Å². The number of ether oxygens (including phenoxy) is 4. The highest BCUT2D eigenvalue weighted by Gasteiger charge is 2.53. The molecule has 0 radical (unpaired) electrons. The number of benzene rings is 3. The van der Waals surface area contributed by atoms with Crippen molar-refractivity contribution in [1.82, 2.24) is 26.2 Å². The van der Waals surface area contributed by atoms with Crippen LogP contribution in [0.25, 0.3) is 0 Å². The molecule has 1 amide bonds. The first kappa shape index (κ1) is 33.7. The third kappa shape index (κ3) is 7.57. The lowest BCUT2D eigenvalue weighted by Gasteiger charge is -2.36. The van der Waals surface area contributed by atoms with Crippen molar-refractivity contribution in [2.45, 2.75) is 5.60 Å². The van der Waals surface area contributed by atoms with E-state index in [9.17, 15) is 19.8 Å². The number of carbonyl (C=O) groups excluding carboxylic acids is 2. The summed E-state index contributed by atoms with van der Waals surface area (Å²) >= 11 is 0. The number of phenolic OH excluding ortho intramolecular Hbond substituents is 2. The van der Waals surface area contributed by atoms with E-state index in [1.807, 2.05) is 0 Å². The maximum absolute atomic E-state index is 13.2. The Morgan fingerprint density at radius 1 is 0.771 bits per heavy atom. The zero-order valence-corrected chi connectivity index (χ0v) is 26.9. The van der Waals surface area contributed by atoms with Gasteiger partial charge in [-0.25, -0.2) is 4.79 Å². The number of rotatable bonds is 10. The molecule has 3 aliphatic rings. The number of hydrogen-bond donors (Lipinski definition) is 6. The van der Waals surface area contributed by atoms with E-state index in [0.29, 0.717) is 54.2 Å². The van der Waals surface area contributed by atoms with Crippen LogP contribution in [-0.4, -0.2) is 119 Å². The zero-order valence-electron chi connectivity index (χ0n) is 26.9. The summed E-state index contributed by atoms with van der Waals surface area (Å²) in [5.74, 6) is -0.420. The largest absolute Gasteiger partial charge is 0.508 e. The highest BCUT2D eigenvalue weighted by molar-refractivity contribution is 6.00. The number of nitrogens with one attached hydrogen (secondary N) is 4. The first-order valence-corrected chi connectivity index (χ1v) is 16.5. The van der Waals surface area contributed by atoms with Crippen LogP contribution >= 0.6 is 0 Å². The number of hydrogen-bond acceptors (Lipinski definition) is 12. The minimum atomic E-state index is -1.44. The minimum Gasteiger partial charge on any atom is -0.508 e. The molecule has 6 rings (SSSR count). The lowest BCUT2D eigenvalue weighted by atomic mass is 9.77. The summed E-state index contributed by atoms with van der Waals surface area (Å²) in [7, 11) is 0. The van der Waals surface area contributed by atoms with Crippen molar-refractivity contribution in [3.63, 3.8) is 0 Å². The van der Waals surface area contributed by atoms with Crippen molar-refractivity contribution in [2.75, 3.05) is 91.9 Å². The Labute approximate surface area is 279 Å². The molecule has 1 fully saturated rings. The third-order valence-corrected chi connectivity index (χ3v) is 8.66. The van der Waals surface area contributed by atoms with E-state index < -0.39 is 11.6 Å². The van der Waals surface area contributed by atoms with Crippen molar-refractivity contribution in [1.29, 1.82) is 0 Å². The maximum Gasteiger partial charge on any atom is 0.340 e. The van der Waals surface area contributed by atoms with Gasteiger partial charge in [0.25, 0.3) is 5.91 Å². The van der Waals surface area contributed by atoms with Crippen LogP contribution in [-0.2, 0) is 19.8 Å². The number of carbonyl (C=O) groups is 2. The fourth-order valence-corrected chi connectivity index (χ4v) is 6.23. The topological polar surface area (TPSA) is 163 Å². The normalized spacial score (nSPS) is 17.6. The summed E-state index contributed by atoms with van der Waals surface area (Å²) in [6.45, 7) is 10.7. The summed E-state index contributed by atoms with van der Waals surface area (Å²) in [6.07, 6.45) is 0. The summed E-state index contributed by atoms with van der Waals surface area (Å²) in [5, 5.41) is 33.5. The molecule has 0 unspecified atom stereocenters. The molecule has 6 N–H and O–H groups in total. The first-order chi connectivity index (χ1) is 23.5. The van der Waals surface area contributed by atoms with E-state index in [-0.39, 0.29) is 35.4 Å². The molecule has 3 aromatic carbocycles. The van der Waals surface area contributed by atoms with Gasteiger partial charge in [-0.1, -0.05) is 0 Å². The first-order valence-electron chi connectivity index (χ1n) is 16.5. The lowest BCUT2D eigenvalue weighted by Crippen LogP contribution is -2.42. The van der Waals surface area contributed by atoms with Gasteiger partial charge < -0.3 is 50.4 Å². The Balaban J connectivity index is 1.00. The number of esters is 1. The molecule has 3 heterocycles. The fourth-order valence-electron chi connectivity index (χ4n) is 6.23. The third-order valence-electron chi connectivity index (χ3n) is 8.66. The standard InChI is InChI=1S/C35H43N5O8/c41-25-2-5-28-31(22-25)47-32-23-26(42)3-6-29(32)35(28)30-21-24(1-4-27(30)34(44)48-35)33(43)39-13-17-45-19-20-46-18-16-40-14-11-37-9-7-36-8-10-38-12-15-40/h1-6,21-23,36-38,41-42H,7-20H2,(H,39,43). The smallest absolute Gasteiger partial charge is 0.340 e. The molecule has 256 valence electrons. The molecular formula is C35H43N5O8. The molecule has 1 spiro atoms. The molecule has 0 aliphatic carbocycles. The van der Waals surface area contributed by atoms with Crippen LogP contribution < -0.4 is 26.0 Å². The van der Waals surface area contributed by atoms with Crippen molar-refractivity contribution >= 4 is 11.9 Å². The van der Waals surface area contributed by atoms with Crippen LogP contribution in [0.15, 0.2) is 54.6 Å². The van der Waals surface area contributed by atoms with Gasteiger partial charge in [0.15, 0.2) is 5.60 Å². The molecule has 13 heteroatoms. The Bertz CT molecular complexity index is 1540. The second-order valence-electron chi connectivity index (χ2n) is 11.9. The average molecular weight is 662 g/mol. The molecule has 1 saturated heterocycles. The minimum absolute atomic E-state index is 0.0350. The van der Waals surface area contributed by atoms with Crippen LogP contribution in [0.5, 0.6) is 23.0 Å². The zero-order chi connectivity index (χ0) is 33.3. The highest BCUT2D eigenvalue weighted by atomic mass is 16.6. The molecule has 3 aromatic rings. The van der Waals surface area contributed by atoms with E-state index in [0.717, 1.165) is 58.9 Å². The Morgan fingerprint density at radius 2 is 1.38 bits per heavy atom. The second kappa shape index (κ2) is 15.8. The van der Waals surface area contributed by atoms with Gasteiger partial charge >= 0.3 is 5.97 Å². The van der Waals surface area contributed by atoms with Gasteiger partial charge in [0.1, 0.15) is 23.0 Å². The Kier molecular flexibility index (Phi) is 11.1.